The van der Waals surface area contributed by atoms with Crippen molar-refractivity contribution in [1.82, 2.24) is 0 Å². The molecule has 2 rings (SSSR count). The Morgan fingerprint density at radius 2 is 1.91 bits per heavy atom. The van der Waals surface area contributed by atoms with Gasteiger partial charge in [-0.3, -0.25) is 0 Å². The molecule has 0 aliphatic heterocycles. The summed E-state index contributed by atoms with van der Waals surface area (Å²) < 4.78 is 17.4. The standard InChI is InChI=1S/C17H18FNO4/c1-11(2)22-14-6-3-12(4-7-14)10-19-13-5-8-15(16(20)9-13)17(21)23-18/h3-9,11,19-20H,10H2,1-2H3. The predicted octanol–water partition coefficient (Wildman–Crippen LogP) is 3.83. The van der Waals surface area contributed by atoms with E-state index in [4.69, 9.17) is 4.74 Å². The summed E-state index contributed by atoms with van der Waals surface area (Å²) in [6, 6.07) is 11.8. The van der Waals surface area contributed by atoms with Crippen LogP contribution < -0.4 is 10.1 Å². The molecule has 122 valence electrons. The number of carbonyl (C=O) groups is 1. The van der Waals surface area contributed by atoms with Gasteiger partial charge in [-0.05, 0) is 43.7 Å². The Morgan fingerprint density at radius 1 is 1.22 bits per heavy atom. The molecule has 0 amide bonds. The van der Waals surface area contributed by atoms with Crippen molar-refractivity contribution >= 4 is 11.7 Å². The number of phenolic OH excluding ortho intramolecular Hbond substituents is 1. The Hall–Kier alpha value is -2.76. The molecular weight excluding hydrogens is 301 g/mol. The molecule has 0 radical (unpaired) electrons. The molecule has 5 nitrogen and oxygen atoms in total. The number of benzene rings is 2. The van der Waals surface area contributed by atoms with Crippen molar-refractivity contribution in [3.8, 4) is 11.5 Å². The number of rotatable bonds is 6. The molecule has 6 heteroatoms. The number of hydrogen-bond donors (Lipinski definition) is 2. The van der Waals surface area contributed by atoms with Crippen LogP contribution in [0.1, 0.15) is 29.8 Å². The molecule has 2 aromatic rings. The minimum absolute atomic E-state index is 0.122. The van der Waals surface area contributed by atoms with E-state index in [1.807, 2.05) is 38.1 Å². The molecular formula is C17H18FNO4. The van der Waals surface area contributed by atoms with Crippen LogP contribution in [0.5, 0.6) is 11.5 Å². The summed E-state index contributed by atoms with van der Waals surface area (Å²) in [5, 5.41) is 12.8. The van der Waals surface area contributed by atoms with Gasteiger partial charge in [0.1, 0.15) is 17.1 Å². The number of hydrogen-bond acceptors (Lipinski definition) is 5. The average Bonchev–Trinajstić information content (AvgIpc) is 2.53. The third-order valence-corrected chi connectivity index (χ3v) is 3.08. The Bertz CT molecular complexity index is 671. The maximum Gasteiger partial charge on any atom is 0.383 e. The molecule has 0 saturated heterocycles. The average molecular weight is 319 g/mol. The molecule has 2 aromatic carbocycles. The highest BCUT2D eigenvalue weighted by atomic mass is 19.3. The smallest absolute Gasteiger partial charge is 0.383 e. The second kappa shape index (κ2) is 7.49. The quantitative estimate of drug-likeness (QED) is 0.847. The van der Waals surface area contributed by atoms with Crippen molar-refractivity contribution in [3.63, 3.8) is 0 Å². The molecule has 0 saturated carbocycles. The maximum atomic E-state index is 11.8. The summed E-state index contributed by atoms with van der Waals surface area (Å²) in [6.45, 7) is 4.45. The Kier molecular flexibility index (Phi) is 5.41. The number of anilines is 1. The number of nitrogens with one attached hydrogen (secondary N) is 1. The third-order valence-electron chi connectivity index (χ3n) is 3.08. The summed E-state index contributed by atoms with van der Waals surface area (Å²) in [6.07, 6.45) is 0.122. The predicted molar refractivity (Wildman–Crippen MR) is 84.2 cm³/mol. The molecule has 0 aliphatic carbocycles. The summed E-state index contributed by atoms with van der Waals surface area (Å²) >= 11 is 0. The lowest BCUT2D eigenvalue weighted by Crippen LogP contribution is -2.05. The summed E-state index contributed by atoms with van der Waals surface area (Å²) in [5.74, 6) is -0.774. The Labute approximate surface area is 133 Å². The monoisotopic (exact) mass is 319 g/mol. The lowest BCUT2D eigenvalue weighted by molar-refractivity contribution is -0.0789. The zero-order valence-corrected chi connectivity index (χ0v) is 12.9. The van der Waals surface area contributed by atoms with Gasteiger partial charge in [-0.2, -0.15) is 0 Å². The Morgan fingerprint density at radius 3 is 2.48 bits per heavy atom. The number of halogens is 1. The molecule has 0 fully saturated rings. The van der Waals surface area contributed by atoms with Crippen LogP contribution in [0.15, 0.2) is 42.5 Å². The first-order valence-corrected chi connectivity index (χ1v) is 7.15. The molecule has 0 aromatic heterocycles. The molecule has 0 heterocycles. The number of carbonyl (C=O) groups excluding carboxylic acids is 1. The van der Waals surface area contributed by atoms with Crippen LogP contribution in [0, 0.1) is 0 Å². The topological polar surface area (TPSA) is 67.8 Å². The van der Waals surface area contributed by atoms with Gasteiger partial charge < -0.3 is 15.2 Å². The zero-order valence-electron chi connectivity index (χ0n) is 12.9. The van der Waals surface area contributed by atoms with E-state index in [0.29, 0.717) is 12.2 Å². The normalized spacial score (nSPS) is 10.4. The fourth-order valence-corrected chi connectivity index (χ4v) is 2.02. The molecule has 0 aliphatic rings. The summed E-state index contributed by atoms with van der Waals surface area (Å²) in [5.41, 5.74) is 1.39. The molecule has 2 N–H and O–H groups in total. The second-order valence-electron chi connectivity index (χ2n) is 5.26. The SMILES string of the molecule is CC(C)Oc1ccc(CNc2ccc(C(=O)OF)c(O)c2)cc1. The van der Waals surface area contributed by atoms with Crippen LogP contribution in [-0.4, -0.2) is 17.2 Å². The first-order chi connectivity index (χ1) is 11.0. The van der Waals surface area contributed by atoms with E-state index in [9.17, 15) is 14.4 Å². The maximum absolute atomic E-state index is 11.8. The second-order valence-corrected chi connectivity index (χ2v) is 5.26. The van der Waals surface area contributed by atoms with Gasteiger partial charge >= 0.3 is 5.97 Å². The van der Waals surface area contributed by atoms with Crippen molar-refractivity contribution in [2.45, 2.75) is 26.5 Å². The molecule has 0 atom stereocenters. The Balaban J connectivity index is 1.98. The van der Waals surface area contributed by atoms with Crippen LogP contribution in [-0.2, 0) is 11.5 Å². The highest BCUT2D eigenvalue weighted by Gasteiger charge is 2.13. The van der Waals surface area contributed by atoms with E-state index in [1.54, 1.807) is 6.07 Å². The van der Waals surface area contributed by atoms with E-state index < -0.39 is 5.97 Å². The zero-order chi connectivity index (χ0) is 16.8. The van der Waals surface area contributed by atoms with Crippen LogP contribution in [0.3, 0.4) is 0 Å². The molecule has 0 unspecified atom stereocenters. The summed E-state index contributed by atoms with van der Waals surface area (Å²) in [7, 11) is 0. The number of phenols is 1. The number of aromatic hydroxyl groups is 1. The minimum Gasteiger partial charge on any atom is -0.507 e. The fourth-order valence-electron chi connectivity index (χ4n) is 2.02. The van der Waals surface area contributed by atoms with Crippen molar-refractivity contribution < 1.29 is 24.1 Å². The van der Waals surface area contributed by atoms with E-state index >= 15 is 0 Å². The lowest BCUT2D eigenvalue weighted by Gasteiger charge is -2.11. The van der Waals surface area contributed by atoms with E-state index in [0.717, 1.165) is 11.3 Å². The van der Waals surface area contributed by atoms with Crippen LogP contribution in [0.4, 0.5) is 10.2 Å². The van der Waals surface area contributed by atoms with Crippen LogP contribution in [0.25, 0.3) is 0 Å². The molecule has 0 spiro atoms. The van der Waals surface area contributed by atoms with Gasteiger partial charge in [0.2, 0.25) is 0 Å². The largest absolute Gasteiger partial charge is 0.507 e. The first kappa shape index (κ1) is 16.6. The molecule has 23 heavy (non-hydrogen) atoms. The first-order valence-electron chi connectivity index (χ1n) is 7.15. The van der Waals surface area contributed by atoms with Gasteiger partial charge in [-0.25, -0.2) is 9.74 Å². The summed E-state index contributed by atoms with van der Waals surface area (Å²) in [4.78, 5) is 14.1. The van der Waals surface area contributed by atoms with Crippen molar-refractivity contribution in [3.05, 3.63) is 53.6 Å². The van der Waals surface area contributed by atoms with Gasteiger partial charge in [-0.1, -0.05) is 12.1 Å². The van der Waals surface area contributed by atoms with Gasteiger partial charge in [0.25, 0.3) is 0 Å². The van der Waals surface area contributed by atoms with E-state index in [-0.39, 0.29) is 17.4 Å². The third kappa shape index (κ3) is 4.60. The highest BCUT2D eigenvalue weighted by molar-refractivity contribution is 5.92. The van der Waals surface area contributed by atoms with Crippen molar-refractivity contribution in [2.75, 3.05) is 5.32 Å². The van der Waals surface area contributed by atoms with Gasteiger partial charge in [0.05, 0.1) is 6.10 Å². The van der Waals surface area contributed by atoms with Gasteiger partial charge in [-0.15, -0.1) is 0 Å². The van der Waals surface area contributed by atoms with Crippen molar-refractivity contribution in [1.29, 1.82) is 0 Å². The van der Waals surface area contributed by atoms with Gasteiger partial charge in [0, 0.05) is 22.8 Å². The van der Waals surface area contributed by atoms with Crippen LogP contribution >= 0.6 is 0 Å². The van der Waals surface area contributed by atoms with Gasteiger partial charge in [0.15, 0.2) is 0 Å². The van der Waals surface area contributed by atoms with E-state index in [1.165, 1.54) is 12.1 Å². The molecule has 0 bridgehead atoms. The highest BCUT2D eigenvalue weighted by Crippen LogP contribution is 2.23. The minimum atomic E-state index is -1.23. The fraction of sp³-hybridized carbons (Fsp3) is 0.235. The number of ether oxygens (including phenoxy) is 1. The van der Waals surface area contributed by atoms with Crippen LogP contribution in [0.2, 0.25) is 0 Å². The van der Waals surface area contributed by atoms with E-state index in [2.05, 4.69) is 10.3 Å². The van der Waals surface area contributed by atoms with Crippen molar-refractivity contribution in [2.24, 2.45) is 0 Å². The lowest BCUT2D eigenvalue weighted by atomic mass is 10.1.